The van der Waals surface area contributed by atoms with E-state index in [1.165, 1.54) is 11.3 Å². The summed E-state index contributed by atoms with van der Waals surface area (Å²) in [5.74, 6) is 0.453. The number of hydrogen-bond acceptors (Lipinski definition) is 4. The van der Waals surface area contributed by atoms with Crippen LogP contribution in [0.15, 0.2) is 34.4 Å². The monoisotopic (exact) mass is 301 g/mol. The molecule has 4 nitrogen and oxygen atoms in total. The lowest BCUT2D eigenvalue weighted by Crippen LogP contribution is -2.39. The van der Waals surface area contributed by atoms with Crippen LogP contribution in [0.3, 0.4) is 0 Å². The Balaban J connectivity index is 1.88. The molecule has 6 heteroatoms. The molecule has 1 fully saturated rings. The number of ether oxygens (including phenoxy) is 1. The van der Waals surface area contributed by atoms with Crippen molar-refractivity contribution in [1.82, 2.24) is 4.31 Å². The molecular weight excluding hydrogens is 282 g/mol. The minimum absolute atomic E-state index is 0.439. The molecule has 0 radical (unpaired) electrons. The van der Waals surface area contributed by atoms with Gasteiger partial charge in [-0.2, -0.15) is 4.31 Å². The van der Waals surface area contributed by atoms with Crippen LogP contribution >= 0.6 is 11.3 Å². The predicted octanol–water partition coefficient (Wildman–Crippen LogP) is 2.35. The van der Waals surface area contributed by atoms with Gasteiger partial charge in [0.25, 0.3) is 10.0 Å². The van der Waals surface area contributed by atoms with Crippen molar-refractivity contribution in [3.63, 3.8) is 0 Å². The minimum Gasteiger partial charge on any atom is -0.377 e. The molecule has 0 amide bonds. The SMILES string of the molecule is C=CCOCC1CCN(S(=O)(=O)c2cccs2)CC1. The molecular formula is C13H19NO3S2. The van der Waals surface area contributed by atoms with Crippen LogP contribution in [0.1, 0.15) is 12.8 Å². The van der Waals surface area contributed by atoms with E-state index >= 15 is 0 Å². The van der Waals surface area contributed by atoms with Crippen molar-refractivity contribution < 1.29 is 13.2 Å². The maximum absolute atomic E-state index is 12.3. The zero-order valence-corrected chi connectivity index (χ0v) is 12.5. The summed E-state index contributed by atoms with van der Waals surface area (Å²) >= 11 is 1.28. The van der Waals surface area contributed by atoms with E-state index in [1.807, 2.05) is 0 Å². The molecule has 0 spiro atoms. The second-order valence-electron chi connectivity index (χ2n) is 4.61. The molecule has 1 aromatic heterocycles. The third-order valence-electron chi connectivity index (χ3n) is 3.25. The van der Waals surface area contributed by atoms with Gasteiger partial charge in [0.15, 0.2) is 0 Å². The van der Waals surface area contributed by atoms with E-state index in [0.717, 1.165) is 12.8 Å². The summed E-state index contributed by atoms with van der Waals surface area (Å²) in [6.07, 6.45) is 3.46. The van der Waals surface area contributed by atoms with Crippen LogP contribution < -0.4 is 0 Å². The fraction of sp³-hybridized carbons (Fsp3) is 0.538. The van der Waals surface area contributed by atoms with Crippen LogP contribution in [0.4, 0.5) is 0 Å². The number of nitrogens with zero attached hydrogens (tertiary/aromatic N) is 1. The second-order valence-corrected chi connectivity index (χ2v) is 7.72. The zero-order chi connectivity index (χ0) is 13.7. The zero-order valence-electron chi connectivity index (χ0n) is 10.8. The first-order valence-electron chi connectivity index (χ1n) is 6.37. The van der Waals surface area contributed by atoms with Crippen LogP contribution in [0.5, 0.6) is 0 Å². The van der Waals surface area contributed by atoms with E-state index in [2.05, 4.69) is 6.58 Å². The molecule has 1 saturated heterocycles. The first kappa shape index (κ1) is 14.7. The van der Waals surface area contributed by atoms with Gasteiger partial charge in [-0.1, -0.05) is 12.1 Å². The summed E-state index contributed by atoms with van der Waals surface area (Å²) in [7, 11) is -3.27. The number of sulfonamides is 1. The molecule has 0 N–H and O–H groups in total. The van der Waals surface area contributed by atoms with Crippen molar-refractivity contribution in [3.05, 3.63) is 30.2 Å². The van der Waals surface area contributed by atoms with Crippen molar-refractivity contribution in [2.45, 2.75) is 17.1 Å². The van der Waals surface area contributed by atoms with E-state index in [0.29, 0.717) is 36.4 Å². The summed E-state index contributed by atoms with van der Waals surface area (Å²) in [6, 6.07) is 3.44. The molecule has 1 aliphatic rings. The normalized spacial score (nSPS) is 18.5. The highest BCUT2D eigenvalue weighted by molar-refractivity contribution is 7.91. The third kappa shape index (κ3) is 3.66. The van der Waals surface area contributed by atoms with Gasteiger partial charge in [-0.15, -0.1) is 17.9 Å². The Bertz CT molecular complexity index is 488. The topological polar surface area (TPSA) is 46.6 Å². The highest BCUT2D eigenvalue weighted by Gasteiger charge is 2.29. The molecule has 0 atom stereocenters. The number of thiophene rings is 1. The van der Waals surface area contributed by atoms with E-state index in [4.69, 9.17) is 4.74 Å². The maximum Gasteiger partial charge on any atom is 0.252 e. The average molecular weight is 301 g/mol. The van der Waals surface area contributed by atoms with Crippen LogP contribution in [0.2, 0.25) is 0 Å². The molecule has 106 valence electrons. The van der Waals surface area contributed by atoms with E-state index in [1.54, 1.807) is 27.9 Å². The van der Waals surface area contributed by atoms with Gasteiger partial charge < -0.3 is 4.74 Å². The summed E-state index contributed by atoms with van der Waals surface area (Å²) in [5.41, 5.74) is 0. The summed E-state index contributed by atoms with van der Waals surface area (Å²) in [6.45, 7) is 6.03. The molecule has 0 saturated carbocycles. The highest BCUT2D eigenvalue weighted by atomic mass is 32.2. The van der Waals surface area contributed by atoms with Crippen LogP contribution in [0.25, 0.3) is 0 Å². The van der Waals surface area contributed by atoms with Crippen molar-refractivity contribution in [2.24, 2.45) is 5.92 Å². The Kier molecular flexibility index (Phi) is 5.15. The highest BCUT2D eigenvalue weighted by Crippen LogP contribution is 2.26. The Morgan fingerprint density at radius 2 is 2.21 bits per heavy atom. The average Bonchev–Trinajstić information content (AvgIpc) is 2.94. The smallest absolute Gasteiger partial charge is 0.252 e. The molecule has 1 aromatic rings. The predicted molar refractivity (Wildman–Crippen MR) is 76.8 cm³/mol. The molecule has 0 unspecified atom stereocenters. The van der Waals surface area contributed by atoms with Crippen molar-refractivity contribution in [2.75, 3.05) is 26.3 Å². The van der Waals surface area contributed by atoms with Gasteiger partial charge in [0.1, 0.15) is 4.21 Å². The largest absolute Gasteiger partial charge is 0.377 e. The van der Waals surface area contributed by atoms with Crippen LogP contribution in [0, 0.1) is 5.92 Å². The number of rotatable bonds is 6. The molecule has 0 aromatic carbocycles. The van der Waals surface area contributed by atoms with Gasteiger partial charge in [0.05, 0.1) is 6.61 Å². The lowest BCUT2D eigenvalue weighted by molar-refractivity contribution is 0.0983. The fourth-order valence-electron chi connectivity index (χ4n) is 2.17. The lowest BCUT2D eigenvalue weighted by Gasteiger charge is -2.30. The van der Waals surface area contributed by atoms with Crippen LogP contribution in [-0.2, 0) is 14.8 Å². The van der Waals surface area contributed by atoms with E-state index < -0.39 is 10.0 Å². The standard InChI is InChI=1S/C13H19NO3S2/c1-2-9-17-11-12-5-7-14(8-6-12)19(15,16)13-4-3-10-18-13/h2-4,10,12H,1,5-9,11H2. The molecule has 19 heavy (non-hydrogen) atoms. The Morgan fingerprint density at radius 1 is 1.47 bits per heavy atom. The minimum atomic E-state index is -3.27. The van der Waals surface area contributed by atoms with Crippen molar-refractivity contribution in [1.29, 1.82) is 0 Å². The van der Waals surface area contributed by atoms with Gasteiger partial charge in [0.2, 0.25) is 0 Å². The second kappa shape index (κ2) is 6.65. The number of hydrogen-bond donors (Lipinski definition) is 0. The van der Waals surface area contributed by atoms with Crippen LogP contribution in [-0.4, -0.2) is 39.0 Å². The van der Waals surface area contributed by atoms with Gasteiger partial charge >= 0.3 is 0 Å². The molecule has 0 aliphatic carbocycles. The summed E-state index contributed by atoms with van der Waals surface area (Å²) in [4.78, 5) is 0. The first-order chi connectivity index (χ1) is 9.14. The maximum atomic E-state index is 12.3. The van der Waals surface area contributed by atoms with Gasteiger partial charge in [-0.05, 0) is 30.2 Å². The molecule has 2 rings (SSSR count). The molecule has 1 aliphatic heterocycles. The summed E-state index contributed by atoms with van der Waals surface area (Å²) < 4.78 is 32.1. The van der Waals surface area contributed by atoms with Gasteiger partial charge in [-0.3, -0.25) is 0 Å². The third-order valence-corrected chi connectivity index (χ3v) is 6.52. The van der Waals surface area contributed by atoms with Crippen molar-refractivity contribution >= 4 is 21.4 Å². The van der Waals surface area contributed by atoms with Crippen molar-refractivity contribution in [3.8, 4) is 0 Å². The Morgan fingerprint density at radius 3 is 2.79 bits per heavy atom. The molecule has 0 bridgehead atoms. The number of piperidine rings is 1. The quantitative estimate of drug-likeness (QED) is 0.598. The van der Waals surface area contributed by atoms with E-state index in [9.17, 15) is 8.42 Å². The van der Waals surface area contributed by atoms with Gasteiger partial charge in [-0.25, -0.2) is 8.42 Å². The Hall–Kier alpha value is -0.690. The Labute approximate surface area is 118 Å². The van der Waals surface area contributed by atoms with Gasteiger partial charge in [0, 0.05) is 19.7 Å². The fourth-order valence-corrected chi connectivity index (χ4v) is 4.79. The lowest BCUT2D eigenvalue weighted by atomic mass is 9.99. The molecule has 2 heterocycles. The van der Waals surface area contributed by atoms with E-state index in [-0.39, 0.29) is 0 Å². The summed E-state index contributed by atoms with van der Waals surface area (Å²) in [5, 5.41) is 1.79. The first-order valence-corrected chi connectivity index (χ1v) is 8.69.